The molecule has 0 radical (unpaired) electrons. The van der Waals surface area contributed by atoms with Crippen LogP contribution in [0.25, 0.3) is 10.8 Å². The molecule has 0 atom stereocenters. The van der Waals surface area contributed by atoms with Gasteiger partial charge in [-0.1, -0.05) is 6.58 Å². The van der Waals surface area contributed by atoms with Crippen LogP contribution in [0.2, 0.25) is 0 Å². The van der Waals surface area contributed by atoms with Gasteiger partial charge in [0, 0.05) is 23.9 Å². The van der Waals surface area contributed by atoms with Crippen LogP contribution in [0, 0.1) is 0 Å². The van der Waals surface area contributed by atoms with Crippen LogP contribution in [0.15, 0.2) is 49.3 Å². The van der Waals surface area contributed by atoms with E-state index < -0.39 is 5.97 Å². The molecule has 24 heavy (non-hydrogen) atoms. The molecule has 0 fully saturated rings. The van der Waals surface area contributed by atoms with E-state index in [9.17, 15) is 4.79 Å². The number of pyridine rings is 1. The minimum atomic E-state index is -0.447. The molecule has 0 saturated carbocycles. The Bertz CT molecular complexity index is 659. The van der Waals surface area contributed by atoms with E-state index >= 15 is 0 Å². The summed E-state index contributed by atoms with van der Waals surface area (Å²) in [6.07, 6.45) is 4.70. The van der Waals surface area contributed by atoms with Crippen molar-refractivity contribution >= 4 is 16.7 Å². The van der Waals surface area contributed by atoms with Crippen molar-refractivity contribution in [3.63, 3.8) is 0 Å². The summed E-state index contributed by atoms with van der Waals surface area (Å²) < 4.78 is 21.1. The molecule has 0 spiro atoms. The van der Waals surface area contributed by atoms with E-state index in [1.165, 1.54) is 0 Å². The summed E-state index contributed by atoms with van der Waals surface area (Å²) in [4.78, 5) is 14.8. The van der Waals surface area contributed by atoms with Crippen LogP contribution < -0.4 is 4.74 Å². The standard InChI is InChI=1S/C18H21NO5/c1-2-18(20)24-12-10-22-8-7-21-9-11-23-17-4-3-16-14-19-6-5-15(16)13-17/h2-6,13-14H,1,7-12H2. The molecule has 2 aromatic rings. The molecular formula is C18H21NO5. The Kier molecular flexibility index (Phi) is 7.73. The highest BCUT2D eigenvalue weighted by Gasteiger charge is 1.98. The van der Waals surface area contributed by atoms with E-state index in [4.69, 9.17) is 18.9 Å². The number of carbonyl (C=O) groups is 1. The van der Waals surface area contributed by atoms with E-state index in [1.54, 1.807) is 6.20 Å². The van der Waals surface area contributed by atoms with E-state index in [0.29, 0.717) is 33.0 Å². The van der Waals surface area contributed by atoms with Crippen LogP contribution in [0.5, 0.6) is 5.75 Å². The van der Waals surface area contributed by atoms with Gasteiger partial charge in [-0.25, -0.2) is 4.79 Å². The largest absolute Gasteiger partial charge is 0.491 e. The summed E-state index contributed by atoms with van der Waals surface area (Å²) in [5.74, 6) is 0.356. The average molecular weight is 331 g/mol. The fourth-order valence-electron chi connectivity index (χ4n) is 1.95. The van der Waals surface area contributed by atoms with Crippen molar-refractivity contribution in [1.82, 2.24) is 4.98 Å². The van der Waals surface area contributed by atoms with Crippen molar-refractivity contribution in [3.8, 4) is 5.75 Å². The predicted molar refractivity (Wildman–Crippen MR) is 90.0 cm³/mol. The number of hydrogen-bond donors (Lipinski definition) is 0. The van der Waals surface area contributed by atoms with Crippen molar-refractivity contribution < 1.29 is 23.7 Å². The zero-order chi connectivity index (χ0) is 17.0. The Hall–Kier alpha value is -2.44. The number of hydrogen-bond acceptors (Lipinski definition) is 6. The number of benzene rings is 1. The molecule has 0 aliphatic rings. The van der Waals surface area contributed by atoms with Gasteiger partial charge in [-0.15, -0.1) is 0 Å². The smallest absolute Gasteiger partial charge is 0.330 e. The van der Waals surface area contributed by atoms with Gasteiger partial charge >= 0.3 is 5.97 Å². The number of aromatic nitrogens is 1. The van der Waals surface area contributed by atoms with Crippen molar-refractivity contribution in [2.24, 2.45) is 0 Å². The zero-order valence-electron chi connectivity index (χ0n) is 13.5. The highest BCUT2D eigenvalue weighted by molar-refractivity contribution is 5.82. The fourth-order valence-corrected chi connectivity index (χ4v) is 1.95. The highest BCUT2D eigenvalue weighted by Crippen LogP contribution is 2.19. The molecule has 128 valence electrons. The first-order chi connectivity index (χ1) is 11.8. The summed E-state index contributed by atoms with van der Waals surface area (Å²) in [6.45, 7) is 5.70. The van der Waals surface area contributed by atoms with Gasteiger partial charge < -0.3 is 18.9 Å². The van der Waals surface area contributed by atoms with Crippen molar-refractivity contribution in [3.05, 3.63) is 49.3 Å². The molecule has 6 heteroatoms. The topological polar surface area (TPSA) is 66.9 Å². The number of carbonyl (C=O) groups excluding carboxylic acids is 1. The molecule has 1 heterocycles. The van der Waals surface area contributed by atoms with Crippen LogP contribution in [0.4, 0.5) is 0 Å². The maximum absolute atomic E-state index is 10.8. The third kappa shape index (κ3) is 6.36. The lowest BCUT2D eigenvalue weighted by Gasteiger charge is -2.08. The summed E-state index contributed by atoms with van der Waals surface area (Å²) >= 11 is 0. The summed E-state index contributed by atoms with van der Waals surface area (Å²) in [7, 11) is 0. The number of esters is 1. The summed E-state index contributed by atoms with van der Waals surface area (Å²) in [5, 5.41) is 2.17. The Morgan fingerprint density at radius 1 is 1.00 bits per heavy atom. The minimum Gasteiger partial charge on any atom is -0.491 e. The molecule has 0 bridgehead atoms. The maximum Gasteiger partial charge on any atom is 0.330 e. The van der Waals surface area contributed by atoms with Crippen LogP contribution in [0.3, 0.4) is 0 Å². The first-order valence-electron chi connectivity index (χ1n) is 7.71. The molecule has 1 aromatic carbocycles. The normalized spacial score (nSPS) is 10.5. The van der Waals surface area contributed by atoms with Gasteiger partial charge in [0.15, 0.2) is 0 Å². The Labute approximate surface area is 141 Å². The van der Waals surface area contributed by atoms with E-state index in [-0.39, 0.29) is 6.61 Å². The van der Waals surface area contributed by atoms with Crippen LogP contribution in [0.1, 0.15) is 0 Å². The van der Waals surface area contributed by atoms with Gasteiger partial charge in [0.25, 0.3) is 0 Å². The predicted octanol–water partition coefficient (Wildman–Crippen LogP) is 2.38. The van der Waals surface area contributed by atoms with Gasteiger partial charge in [0.1, 0.15) is 19.0 Å². The second kappa shape index (κ2) is 10.4. The number of nitrogens with zero attached hydrogens (tertiary/aromatic N) is 1. The molecule has 0 aliphatic carbocycles. The van der Waals surface area contributed by atoms with Crippen molar-refractivity contribution in [2.75, 3.05) is 39.6 Å². The quantitative estimate of drug-likeness (QED) is 0.358. The molecule has 0 unspecified atom stereocenters. The zero-order valence-corrected chi connectivity index (χ0v) is 13.5. The van der Waals surface area contributed by atoms with E-state index in [2.05, 4.69) is 11.6 Å². The molecule has 1 aromatic heterocycles. The lowest BCUT2D eigenvalue weighted by Crippen LogP contribution is -2.13. The van der Waals surface area contributed by atoms with Crippen molar-refractivity contribution in [1.29, 1.82) is 0 Å². The average Bonchev–Trinajstić information content (AvgIpc) is 2.62. The third-order valence-corrected chi connectivity index (χ3v) is 3.12. The van der Waals surface area contributed by atoms with Gasteiger partial charge in [-0.3, -0.25) is 4.98 Å². The second-order valence-corrected chi connectivity index (χ2v) is 4.83. The van der Waals surface area contributed by atoms with Gasteiger partial charge in [0.2, 0.25) is 0 Å². The van der Waals surface area contributed by atoms with Crippen LogP contribution in [-0.4, -0.2) is 50.6 Å². The van der Waals surface area contributed by atoms with Gasteiger partial charge in [-0.2, -0.15) is 0 Å². The number of rotatable bonds is 11. The first kappa shape index (κ1) is 17.9. The number of ether oxygens (including phenoxy) is 4. The van der Waals surface area contributed by atoms with Gasteiger partial charge in [-0.05, 0) is 29.7 Å². The molecule has 2 rings (SSSR count). The minimum absolute atomic E-state index is 0.214. The molecule has 0 saturated heterocycles. The lowest BCUT2D eigenvalue weighted by atomic mass is 10.2. The molecule has 0 N–H and O–H groups in total. The van der Waals surface area contributed by atoms with E-state index in [0.717, 1.165) is 22.6 Å². The first-order valence-corrected chi connectivity index (χ1v) is 7.71. The maximum atomic E-state index is 10.8. The van der Waals surface area contributed by atoms with Crippen LogP contribution >= 0.6 is 0 Å². The second-order valence-electron chi connectivity index (χ2n) is 4.83. The van der Waals surface area contributed by atoms with Crippen LogP contribution in [-0.2, 0) is 19.0 Å². The third-order valence-electron chi connectivity index (χ3n) is 3.12. The Morgan fingerprint density at radius 3 is 2.54 bits per heavy atom. The summed E-state index contributed by atoms with van der Waals surface area (Å²) in [6, 6.07) is 7.82. The molecule has 0 amide bonds. The van der Waals surface area contributed by atoms with E-state index in [1.807, 2.05) is 30.5 Å². The monoisotopic (exact) mass is 331 g/mol. The molecule has 0 aliphatic heterocycles. The Morgan fingerprint density at radius 2 is 1.75 bits per heavy atom. The van der Waals surface area contributed by atoms with Crippen molar-refractivity contribution in [2.45, 2.75) is 0 Å². The summed E-state index contributed by atoms with van der Waals surface area (Å²) in [5.41, 5.74) is 0. The fraction of sp³-hybridized carbons (Fsp3) is 0.333. The van der Waals surface area contributed by atoms with Gasteiger partial charge in [0.05, 0.1) is 26.4 Å². The molecule has 6 nitrogen and oxygen atoms in total. The Balaban J connectivity index is 1.50. The highest BCUT2D eigenvalue weighted by atomic mass is 16.6. The lowest BCUT2D eigenvalue weighted by molar-refractivity contribution is -0.139. The number of fused-ring (bicyclic) bond motifs is 1. The SMILES string of the molecule is C=CC(=O)OCCOCCOCCOc1ccc2cnccc2c1. The molecular weight excluding hydrogens is 310 g/mol.